The van der Waals surface area contributed by atoms with Crippen molar-refractivity contribution in [2.45, 2.75) is 45.6 Å². The molecular weight excluding hydrogens is 253 g/mol. The van der Waals surface area contributed by atoms with Crippen LogP contribution in [0.4, 0.5) is 0 Å². The van der Waals surface area contributed by atoms with E-state index in [4.69, 9.17) is 23.2 Å². The first-order valence-corrected chi connectivity index (χ1v) is 7.09. The van der Waals surface area contributed by atoms with Crippen molar-refractivity contribution in [3.05, 3.63) is 33.8 Å². The molecule has 0 heterocycles. The van der Waals surface area contributed by atoms with Crippen LogP contribution in [0.5, 0.6) is 0 Å². The van der Waals surface area contributed by atoms with Gasteiger partial charge in [-0.1, -0.05) is 55.5 Å². The zero-order chi connectivity index (χ0) is 12.7. The number of hydrogen-bond acceptors (Lipinski definition) is 1. The van der Waals surface area contributed by atoms with Crippen LogP contribution >= 0.6 is 23.2 Å². The van der Waals surface area contributed by atoms with E-state index in [1.807, 2.05) is 12.1 Å². The second-order valence-electron chi connectivity index (χ2n) is 4.40. The summed E-state index contributed by atoms with van der Waals surface area (Å²) in [5.74, 6) is 0. The van der Waals surface area contributed by atoms with Crippen LogP contribution in [0, 0.1) is 0 Å². The summed E-state index contributed by atoms with van der Waals surface area (Å²) >= 11 is 12.0. The van der Waals surface area contributed by atoms with E-state index in [1.165, 1.54) is 25.7 Å². The first-order chi connectivity index (χ1) is 8.15. The molecule has 1 atom stereocenters. The standard InChI is InChI=1S/C14H21Cl2N/c1-3-4-5-6-9-17-11(2)13-8-7-12(15)10-14(13)16/h7-8,10-11,17H,3-6,9H2,1-2H3. The van der Waals surface area contributed by atoms with Gasteiger partial charge in [0.15, 0.2) is 0 Å². The molecule has 0 fully saturated rings. The Morgan fingerprint density at radius 2 is 1.94 bits per heavy atom. The van der Waals surface area contributed by atoms with Gasteiger partial charge in [0.25, 0.3) is 0 Å². The third kappa shape index (κ3) is 5.29. The fourth-order valence-corrected chi connectivity index (χ4v) is 2.41. The van der Waals surface area contributed by atoms with Crippen LogP contribution in [0.1, 0.15) is 51.1 Å². The molecule has 0 aromatic heterocycles. The highest BCUT2D eigenvalue weighted by Gasteiger charge is 2.08. The van der Waals surface area contributed by atoms with Crippen LogP contribution in [-0.4, -0.2) is 6.54 Å². The van der Waals surface area contributed by atoms with Crippen LogP contribution in [-0.2, 0) is 0 Å². The van der Waals surface area contributed by atoms with Crippen LogP contribution in [0.2, 0.25) is 10.0 Å². The lowest BCUT2D eigenvalue weighted by molar-refractivity contribution is 0.537. The summed E-state index contributed by atoms with van der Waals surface area (Å²) in [6.45, 7) is 5.40. The first-order valence-electron chi connectivity index (χ1n) is 6.33. The number of unbranched alkanes of at least 4 members (excludes halogenated alkanes) is 3. The molecule has 0 saturated carbocycles. The van der Waals surface area contributed by atoms with Crippen LogP contribution in [0.15, 0.2) is 18.2 Å². The van der Waals surface area contributed by atoms with Crippen molar-refractivity contribution < 1.29 is 0 Å². The summed E-state index contributed by atoms with van der Waals surface area (Å²) in [7, 11) is 0. The molecule has 1 unspecified atom stereocenters. The Balaban J connectivity index is 2.38. The monoisotopic (exact) mass is 273 g/mol. The Morgan fingerprint density at radius 1 is 1.18 bits per heavy atom. The molecule has 17 heavy (non-hydrogen) atoms. The van der Waals surface area contributed by atoms with E-state index in [1.54, 1.807) is 6.07 Å². The highest BCUT2D eigenvalue weighted by Crippen LogP contribution is 2.25. The highest BCUT2D eigenvalue weighted by atomic mass is 35.5. The van der Waals surface area contributed by atoms with Crippen LogP contribution in [0.25, 0.3) is 0 Å². The van der Waals surface area contributed by atoms with Gasteiger partial charge in [0.05, 0.1) is 0 Å². The van der Waals surface area contributed by atoms with Crippen molar-refractivity contribution in [3.63, 3.8) is 0 Å². The Morgan fingerprint density at radius 3 is 2.59 bits per heavy atom. The molecule has 1 N–H and O–H groups in total. The molecule has 0 aliphatic heterocycles. The van der Waals surface area contributed by atoms with Crippen molar-refractivity contribution >= 4 is 23.2 Å². The minimum atomic E-state index is 0.279. The predicted molar refractivity (Wildman–Crippen MR) is 77.0 cm³/mol. The third-order valence-corrected chi connectivity index (χ3v) is 3.47. The van der Waals surface area contributed by atoms with E-state index in [0.717, 1.165) is 17.1 Å². The maximum atomic E-state index is 6.16. The highest BCUT2D eigenvalue weighted by molar-refractivity contribution is 6.35. The molecule has 0 bridgehead atoms. The summed E-state index contributed by atoms with van der Waals surface area (Å²) in [6, 6.07) is 5.96. The molecule has 0 saturated heterocycles. The maximum absolute atomic E-state index is 6.16. The van der Waals surface area contributed by atoms with E-state index in [-0.39, 0.29) is 6.04 Å². The number of rotatable bonds is 7. The van der Waals surface area contributed by atoms with Gasteiger partial charge in [-0.15, -0.1) is 0 Å². The summed E-state index contributed by atoms with van der Waals surface area (Å²) < 4.78 is 0. The summed E-state index contributed by atoms with van der Waals surface area (Å²) in [6.07, 6.45) is 5.12. The second kappa shape index (κ2) is 7.97. The molecule has 0 spiro atoms. The van der Waals surface area contributed by atoms with Gasteiger partial charge < -0.3 is 5.32 Å². The molecule has 0 radical (unpaired) electrons. The van der Waals surface area contributed by atoms with Gasteiger partial charge in [-0.25, -0.2) is 0 Å². The molecule has 96 valence electrons. The zero-order valence-corrected chi connectivity index (χ0v) is 12.1. The van der Waals surface area contributed by atoms with Crippen molar-refractivity contribution in [3.8, 4) is 0 Å². The zero-order valence-electron chi connectivity index (χ0n) is 10.6. The van der Waals surface area contributed by atoms with Crippen LogP contribution < -0.4 is 5.32 Å². The third-order valence-electron chi connectivity index (χ3n) is 2.91. The molecule has 1 nitrogen and oxygen atoms in total. The minimum absolute atomic E-state index is 0.279. The van der Waals surface area contributed by atoms with Crippen molar-refractivity contribution in [2.75, 3.05) is 6.54 Å². The summed E-state index contributed by atoms with van der Waals surface area (Å²) in [5, 5.41) is 4.92. The lowest BCUT2D eigenvalue weighted by Crippen LogP contribution is -2.20. The normalized spacial score (nSPS) is 12.7. The van der Waals surface area contributed by atoms with E-state index in [0.29, 0.717) is 5.02 Å². The van der Waals surface area contributed by atoms with E-state index >= 15 is 0 Å². The maximum Gasteiger partial charge on any atom is 0.0468 e. The Labute approximate surface area is 115 Å². The Hall–Kier alpha value is -0.240. The largest absolute Gasteiger partial charge is 0.310 e. The average molecular weight is 274 g/mol. The molecule has 1 rings (SSSR count). The molecule has 0 aliphatic carbocycles. The predicted octanol–water partition coefficient (Wildman–Crippen LogP) is 5.22. The van der Waals surface area contributed by atoms with E-state index < -0.39 is 0 Å². The van der Waals surface area contributed by atoms with Gasteiger partial charge in [-0.2, -0.15) is 0 Å². The molecule has 0 aliphatic rings. The second-order valence-corrected chi connectivity index (χ2v) is 5.25. The molecule has 1 aromatic rings. The smallest absolute Gasteiger partial charge is 0.0468 e. The number of halogens is 2. The fraction of sp³-hybridized carbons (Fsp3) is 0.571. The number of nitrogens with one attached hydrogen (secondary N) is 1. The Bertz CT molecular complexity index is 339. The first kappa shape index (κ1) is 14.8. The Kier molecular flexibility index (Phi) is 6.94. The van der Waals surface area contributed by atoms with Crippen molar-refractivity contribution in [2.24, 2.45) is 0 Å². The molecule has 0 amide bonds. The fourth-order valence-electron chi connectivity index (χ4n) is 1.83. The van der Waals surface area contributed by atoms with Gasteiger partial charge in [0, 0.05) is 16.1 Å². The van der Waals surface area contributed by atoms with Gasteiger partial charge in [-0.05, 0) is 37.6 Å². The molecule has 3 heteroatoms. The van der Waals surface area contributed by atoms with Crippen molar-refractivity contribution in [1.29, 1.82) is 0 Å². The van der Waals surface area contributed by atoms with Crippen molar-refractivity contribution in [1.82, 2.24) is 5.32 Å². The SMILES string of the molecule is CCCCCCNC(C)c1ccc(Cl)cc1Cl. The van der Waals surface area contributed by atoms with Gasteiger partial charge >= 0.3 is 0 Å². The topological polar surface area (TPSA) is 12.0 Å². The molecular formula is C14H21Cl2N. The lowest BCUT2D eigenvalue weighted by atomic mass is 10.1. The average Bonchev–Trinajstić information content (AvgIpc) is 2.28. The molecule has 1 aromatic carbocycles. The lowest BCUT2D eigenvalue weighted by Gasteiger charge is -2.15. The minimum Gasteiger partial charge on any atom is -0.310 e. The van der Waals surface area contributed by atoms with E-state index in [2.05, 4.69) is 19.2 Å². The van der Waals surface area contributed by atoms with Gasteiger partial charge in [-0.3, -0.25) is 0 Å². The quantitative estimate of drug-likeness (QED) is 0.672. The summed E-state index contributed by atoms with van der Waals surface area (Å²) in [4.78, 5) is 0. The van der Waals surface area contributed by atoms with Gasteiger partial charge in [0.1, 0.15) is 0 Å². The summed E-state index contributed by atoms with van der Waals surface area (Å²) in [5.41, 5.74) is 1.12. The number of hydrogen-bond donors (Lipinski definition) is 1. The van der Waals surface area contributed by atoms with E-state index in [9.17, 15) is 0 Å². The number of benzene rings is 1. The van der Waals surface area contributed by atoms with Gasteiger partial charge in [0.2, 0.25) is 0 Å². The van der Waals surface area contributed by atoms with Crippen LogP contribution in [0.3, 0.4) is 0 Å².